The largest absolute Gasteiger partial charge is 0.373 e. The molecule has 0 spiro atoms. The van der Waals surface area contributed by atoms with Crippen LogP contribution in [0.15, 0.2) is 59.1 Å². The maximum atomic E-state index is 12.2. The van der Waals surface area contributed by atoms with Crippen molar-refractivity contribution in [3.63, 3.8) is 0 Å². The van der Waals surface area contributed by atoms with Crippen LogP contribution < -0.4 is 10.2 Å². The summed E-state index contributed by atoms with van der Waals surface area (Å²) in [5, 5.41) is 3.07. The summed E-state index contributed by atoms with van der Waals surface area (Å²) in [6.45, 7) is 1.49. The first-order valence-corrected chi connectivity index (χ1v) is 8.74. The highest BCUT2D eigenvalue weighted by molar-refractivity contribution is 9.10. The molecule has 2 unspecified atom stereocenters. The zero-order valence-electron chi connectivity index (χ0n) is 13.2. The van der Waals surface area contributed by atoms with Crippen molar-refractivity contribution in [2.24, 2.45) is 5.92 Å². The molecule has 0 radical (unpaired) electrons. The first-order valence-electron chi connectivity index (χ1n) is 7.94. The molecule has 2 aromatic rings. The lowest BCUT2D eigenvalue weighted by molar-refractivity contribution is -0.122. The van der Waals surface area contributed by atoms with E-state index in [-0.39, 0.29) is 11.8 Å². The van der Waals surface area contributed by atoms with Gasteiger partial charge in [0, 0.05) is 36.2 Å². The zero-order chi connectivity index (χ0) is 16.2. The summed E-state index contributed by atoms with van der Waals surface area (Å²) in [5.74, 6) is 0.701. The van der Waals surface area contributed by atoms with Gasteiger partial charge in [0.15, 0.2) is 0 Å². The number of para-hydroxylation sites is 1. The Morgan fingerprint density at radius 3 is 2.57 bits per heavy atom. The molecule has 3 nitrogen and oxygen atoms in total. The van der Waals surface area contributed by atoms with Crippen molar-refractivity contribution in [1.82, 2.24) is 5.32 Å². The van der Waals surface area contributed by atoms with Gasteiger partial charge in [-0.05, 0) is 42.2 Å². The Balaban J connectivity index is 1.43. The lowest BCUT2D eigenvalue weighted by atomic mass is 10.1. The van der Waals surface area contributed by atoms with E-state index in [1.165, 1.54) is 11.3 Å². The van der Waals surface area contributed by atoms with E-state index in [1.54, 1.807) is 0 Å². The third-order valence-electron chi connectivity index (χ3n) is 4.37. The van der Waals surface area contributed by atoms with Crippen molar-refractivity contribution in [2.75, 3.05) is 25.0 Å². The maximum Gasteiger partial charge on any atom is 0.223 e. The third-order valence-corrected chi connectivity index (χ3v) is 4.90. The molecule has 3 rings (SSSR count). The van der Waals surface area contributed by atoms with Crippen molar-refractivity contribution in [3.8, 4) is 0 Å². The number of amides is 1. The molecule has 2 aromatic carbocycles. The molecule has 120 valence electrons. The van der Waals surface area contributed by atoms with Crippen LogP contribution in [0.4, 0.5) is 5.69 Å². The number of benzene rings is 2. The summed E-state index contributed by atoms with van der Waals surface area (Å²) >= 11 is 3.44. The normalized spacial score (nSPS) is 19.2. The molecule has 1 aliphatic carbocycles. The van der Waals surface area contributed by atoms with Gasteiger partial charge >= 0.3 is 0 Å². The Bertz CT molecular complexity index is 657. The van der Waals surface area contributed by atoms with Gasteiger partial charge in [-0.2, -0.15) is 0 Å². The van der Waals surface area contributed by atoms with Gasteiger partial charge in [-0.3, -0.25) is 4.79 Å². The Kier molecular flexibility index (Phi) is 5.01. The van der Waals surface area contributed by atoms with Crippen molar-refractivity contribution in [2.45, 2.75) is 12.3 Å². The summed E-state index contributed by atoms with van der Waals surface area (Å²) in [7, 11) is 2.04. The minimum absolute atomic E-state index is 0.137. The van der Waals surface area contributed by atoms with Crippen LogP contribution in [0, 0.1) is 5.92 Å². The predicted octanol–water partition coefficient (Wildman–Crippen LogP) is 3.81. The third kappa shape index (κ3) is 4.14. The van der Waals surface area contributed by atoms with E-state index < -0.39 is 0 Å². The van der Waals surface area contributed by atoms with E-state index >= 15 is 0 Å². The summed E-state index contributed by atoms with van der Waals surface area (Å²) in [4.78, 5) is 14.4. The highest BCUT2D eigenvalue weighted by Gasteiger charge is 2.43. The average molecular weight is 373 g/mol. The first-order chi connectivity index (χ1) is 11.1. The predicted molar refractivity (Wildman–Crippen MR) is 97.7 cm³/mol. The molecule has 1 aliphatic rings. The van der Waals surface area contributed by atoms with Crippen LogP contribution in [0.25, 0.3) is 0 Å². The fourth-order valence-corrected chi connectivity index (χ4v) is 3.12. The molecule has 0 bridgehead atoms. The van der Waals surface area contributed by atoms with Crippen LogP contribution in [-0.2, 0) is 4.79 Å². The van der Waals surface area contributed by atoms with Gasteiger partial charge in [0.05, 0.1) is 0 Å². The van der Waals surface area contributed by atoms with E-state index in [4.69, 9.17) is 0 Å². The molecular formula is C19H21BrN2O. The summed E-state index contributed by atoms with van der Waals surface area (Å²) < 4.78 is 1.08. The van der Waals surface area contributed by atoms with E-state index in [1.807, 2.05) is 37.4 Å². The number of halogens is 1. The van der Waals surface area contributed by atoms with Gasteiger partial charge in [-0.25, -0.2) is 0 Å². The monoisotopic (exact) mass is 372 g/mol. The van der Waals surface area contributed by atoms with Crippen LogP contribution in [0.3, 0.4) is 0 Å². The smallest absolute Gasteiger partial charge is 0.223 e. The molecule has 4 heteroatoms. The Morgan fingerprint density at radius 1 is 1.17 bits per heavy atom. The lowest BCUT2D eigenvalue weighted by Crippen LogP contribution is -2.34. The molecular weight excluding hydrogens is 352 g/mol. The van der Waals surface area contributed by atoms with Crippen molar-refractivity contribution >= 4 is 27.5 Å². The van der Waals surface area contributed by atoms with E-state index in [0.717, 1.165) is 17.4 Å². The average Bonchev–Trinajstić information content (AvgIpc) is 3.37. The Hall–Kier alpha value is -1.81. The standard InChI is InChI=1S/C19H21BrN2O/c1-22(16-5-3-2-4-6-16)12-11-21-19(23)18-13-17(18)14-7-9-15(20)10-8-14/h2-10,17-18H,11-13H2,1H3,(H,21,23). The molecule has 0 saturated heterocycles. The van der Waals surface area contributed by atoms with Crippen molar-refractivity contribution in [1.29, 1.82) is 0 Å². The topological polar surface area (TPSA) is 32.3 Å². The van der Waals surface area contributed by atoms with Crippen molar-refractivity contribution in [3.05, 3.63) is 64.6 Å². The van der Waals surface area contributed by atoms with Gasteiger partial charge in [-0.1, -0.05) is 46.3 Å². The molecule has 23 heavy (non-hydrogen) atoms. The zero-order valence-corrected chi connectivity index (χ0v) is 14.8. The highest BCUT2D eigenvalue weighted by atomic mass is 79.9. The number of carbonyl (C=O) groups excluding carboxylic acids is 1. The molecule has 1 N–H and O–H groups in total. The number of hydrogen-bond donors (Lipinski definition) is 1. The van der Waals surface area contributed by atoms with Crippen molar-refractivity contribution < 1.29 is 4.79 Å². The van der Waals surface area contributed by atoms with Gasteiger partial charge < -0.3 is 10.2 Å². The number of nitrogens with zero attached hydrogens (tertiary/aromatic N) is 1. The van der Waals surface area contributed by atoms with Gasteiger partial charge in [0.1, 0.15) is 0 Å². The Morgan fingerprint density at radius 2 is 1.87 bits per heavy atom. The molecule has 0 aliphatic heterocycles. The van der Waals surface area contributed by atoms with Gasteiger partial charge in [-0.15, -0.1) is 0 Å². The maximum absolute atomic E-state index is 12.2. The second-order valence-electron chi connectivity index (χ2n) is 6.05. The summed E-state index contributed by atoms with van der Waals surface area (Å²) in [6.07, 6.45) is 0.960. The van der Waals surface area contributed by atoms with E-state index in [2.05, 4.69) is 50.4 Å². The summed E-state index contributed by atoms with van der Waals surface area (Å²) in [5.41, 5.74) is 2.43. The van der Waals surface area contributed by atoms with Crippen LogP contribution in [0.2, 0.25) is 0 Å². The second-order valence-corrected chi connectivity index (χ2v) is 6.96. The number of anilines is 1. The van der Waals surface area contributed by atoms with Gasteiger partial charge in [0.2, 0.25) is 5.91 Å². The number of carbonyl (C=O) groups is 1. The highest BCUT2D eigenvalue weighted by Crippen LogP contribution is 2.47. The SMILES string of the molecule is CN(CCNC(=O)C1CC1c1ccc(Br)cc1)c1ccccc1. The number of likely N-dealkylation sites (N-methyl/N-ethyl adjacent to an activating group) is 1. The molecule has 0 heterocycles. The first kappa shape index (κ1) is 16.1. The minimum Gasteiger partial charge on any atom is -0.373 e. The van der Waals surface area contributed by atoms with Gasteiger partial charge in [0.25, 0.3) is 0 Å². The molecule has 1 fully saturated rings. The van der Waals surface area contributed by atoms with Crippen LogP contribution in [0.1, 0.15) is 17.9 Å². The summed E-state index contributed by atoms with van der Waals surface area (Å²) in [6, 6.07) is 18.5. The van der Waals surface area contributed by atoms with E-state index in [0.29, 0.717) is 12.5 Å². The van der Waals surface area contributed by atoms with Crippen LogP contribution in [0.5, 0.6) is 0 Å². The molecule has 1 amide bonds. The number of rotatable bonds is 6. The quantitative estimate of drug-likeness (QED) is 0.835. The van der Waals surface area contributed by atoms with E-state index in [9.17, 15) is 4.79 Å². The Labute approximate surface area is 145 Å². The van der Waals surface area contributed by atoms with Crippen LogP contribution in [-0.4, -0.2) is 26.0 Å². The minimum atomic E-state index is 0.137. The molecule has 2 atom stereocenters. The number of nitrogens with one attached hydrogen (secondary N) is 1. The second kappa shape index (κ2) is 7.18. The molecule has 1 saturated carbocycles. The fourth-order valence-electron chi connectivity index (χ4n) is 2.85. The van der Waals surface area contributed by atoms with Crippen LogP contribution >= 0.6 is 15.9 Å². The molecule has 0 aromatic heterocycles. The fraction of sp³-hybridized carbons (Fsp3) is 0.316. The number of hydrogen-bond acceptors (Lipinski definition) is 2. The lowest BCUT2D eigenvalue weighted by Gasteiger charge is -2.19.